The van der Waals surface area contributed by atoms with Crippen molar-refractivity contribution in [3.05, 3.63) is 47.3 Å². The second-order valence-electron chi connectivity index (χ2n) is 4.06. The summed E-state index contributed by atoms with van der Waals surface area (Å²) in [5.41, 5.74) is 8.05. The lowest BCUT2D eigenvalue weighted by Crippen LogP contribution is -2.15. The SMILES string of the molecule is Cc1ccc(Oc2nccc(/C(N)=N/O)n2)cc1C. The molecule has 0 saturated carbocycles. The van der Waals surface area contributed by atoms with E-state index in [4.69, 9.17) is 15.7 Å². The molecule has 2 aromatic rings. The Morgan fingerprint density at radius 3 is 2.74 bits per heavy atom. The number of benzene rings is 1. The van der Waals surface area contributed by atoms with Gasteiger partial charge in [-0.3, -0.25) is 0 Å². The topological polar surface area (TPSA) is 93.6 Å². The first-order valence-corrected chi connectivity index (χ1v) is 5.66. The van der Waals surface area contributed by atoms with Crippen LogP contribution in [0.4, 0.5) is 0 Å². The summed E-state index contributed by atoms with van der Waals surface area (Å²) in [6.07, 6.45) is 1.48. The molecule has 6 nitrogen and oxygen atoms in total. The van der Waals surface area contributed by atoms with Crippen LogP contribution in [0.5, 0.6) is 11.8 Å². The molecule has 0 saturated heterocycles. The van der Waals surface area contributed by atoms with E-state index in [1.54, 1.807) is 0 Å². The van der Waals surface area contributed by atoms with Gasteiger partial charge in [0.15, 0.2) is 5.84 Å². The van der Waals surface area contributed by atoms with Crippen LogP contribution in [0.1, 0.15) is 16.8 Å². The summed E-state index contributed by atoms with van der Waals surface area (Å²) in [7, 11) is 0. The molecule has 0 unspecified atom stereocenters. The summed E-state index contributed by atoms with van der Waals surface area (Å²) in [6, 6.07) is 7.37. The Labute approximate surface area is 110 Å². The minimum absolute atomic E-state index is 0.0904. The van der Waals surface area contributed by atoms with E-state index in [0.29, 0.717) is 11.4 Å². The standard InChI is InChI=1S/C13H14N4O2/c1-8-3-4-10(7-9(8)2)19-13-15-6-5-11(16-13)12(14)17-18/h3-7,18H,1-2H3,(H2,14,17). The van der Waals surface area contributed by atoms with Crippen LogP contribution < -0.4 is 10.5 Å². The van der Waals surface area contributed by atoms with Crippen LogP contribution in [0.2, 0.25) is 0 Å². The zero-order valence-electron chi connectivity index (χ0n) is 10.7. The average Bonchev–Trinajstić information content (AvgIpc) is 2.42. The number of oxime groups is 1. The quantitative estimate of drug-likeness (QED) is 0.380. The molecule has 0 radical (unpaired) electrons. The number of nitrogens with two attached hydrogens (primary N) is 1. The molecule has 98 valence electrons. The van der Waals surface area contributed by atoms with E-state index in [9.17, 15) is 0 Å². The van der Waals surface area contributed by atoms with Gasteiger partial charge in [-0.1, -0.05) is 11.2 Å². The maximum absolute atomic E-state index is 8.60. The second-order valence-corrected chi connectivity index (χ2v) is 4.06. The van der Waals surface area contributed by atoms with Crippen LogP contribution in [0.15, 0.2) is 35.6 Å². The van der Waals surface area contributed by atoms with Gasteiger partial charge in [0.2, 0.25) is 0 Å². The Kier molecular flexibility index (Phi) is 3.61. The van der Waals surface area contributed by atoms with Crippen molar-refractivity contribution in [3.8, 4) is 11.8 Å². The number of rotatable bonds is 3. The summed E-state index contributed by atoms with van der Waals surface area (Å²) in [4.78, 5) is 8.02. The molecule has 19 heavy (non-hydrogen) atoms. The molecule has 0 atom stereocenters. The van der Waals surface area contributed by atoms with Crippen molar-refractivity contribution in [2.24, 2.45) is 10.9 Å². The molecule has 0 amide bonds. The number of aryl methyl sites for hydroxylation is 2. The summed E-state index contributed by atoms with van der Waals surface area (Å²) >= 11 is 0. The highest BCUT2D eigenvalue weighted by atomic mass is 16.5. The molecule has 0 aliphatic rings. The number of nitrogens with zero attached hydrogens (tertiary/aromatic N) is 3. The molecule has 6 heteroatoms. The lowest BCUT2D eigenvalue weighted by molar-refractivity contribution is 0.318. The third kappa shape index (κ3) is 2.98. The molecule has 0 bridgehead atoms. The van der Waals surface area contributed by atoms with E-state index in [1.807, 2.05) is 32.0 Å². The van der Waals surface area contributed by atoms with Gasteiger partial charge in [0, 0.05) is 6.20 Å². The monoisotopic (exact) mass is 258 g/mol. The van der Waals surface area contributed by atoms with E-state index >= 15 is 0 Å². The van der Waals surface area contributed by atoms with Crippen molar-refractivity contribution >= 4 is 5.84 Å². The fraction of sp³-hybridized carbons (Fsp3) is 0.154. The molecule has 3 N–H and O–H groups in total. The van der Waals surface area contributed by atoms with Crippen LogP contribution in [0, 0.1) is 13.8 Å². The van der Waals surface area contributed by atoms with E-state index < -0.39 is 0 Å². The van der Waals surface area contributed by atoms with Crippen LogP contribution in [-0.4, -0.2) is 21.0 Å². The van der Waals surface area contributed by atoms with Gasteiger partial charge >= 0.3 is 6.01 Å². The predicted molar refractivity (Wildman–Crippen MR) is 70.5 cm³/mol. The van der Waals surface area contributed by atoms with Crippen molar-refractivity contribution < 1.29 is 9.94 Å². The van der Waals surface area contributed by atoms with Crippen molar-refractivity contribution in [3.63, 3.8) is 0 Å². The third-order valence-corrected chi connectivity index (χ3v) is 2.69. The van der Waals surface area contributed by atoms with Crippen molar-refractivity contribution in [1.82, 2.24) is 9.97 Å². The summed E-state index contributed by atoms with van der Waals surface area (Å²) in [5.74, 6) is 0.548. The molecule has 1 aromatic heterocycles. The highest BCUT2D eigenvalue weighted by molar-refractivity contribution is 5.95. The second kappa shape index (κ2) is 5.34. The van der Waals surface area contributed by atoms with Gasteiger partial charge in [-0.2, -0.15) is 4.98 Å². The zero-order chi connectivity index (χ0) is 13.8. The fourth-order valence-corrected chi connectivity index (χ4v) is 1.47. The highest BCUT2D eigenvalue weighted by Crippen LogP contribution is 2.20. The molecule has 2 rings (SSSR count). The van der Waals surface area contributed by atoms with Crippen molar-refractivity contribution in [1.29, 1.82) is 0 Å². The number of hydrogen-bond donors (Lipinski definition) is 2. The maximum Gasteiger partial charge on any atom is 0.322 e. The van der Waals surface area contributed by atoms with E-state index in [-0.39, 0.29) is 11.8 Å². The van der Waals surface area contributed by atoms with E-state index in [1.165, 1.54) is 17.8 Å². The maximum atomic E-state index is 8.60. The van der Waals surface area contributed by atoms with E-state index in [2.05, 4.69) is 15.1 Å². The van der Waals surface area contributed by atoms with Gasteiger partial charge in [0.05, 0.1) is 0 Å². The lowest BCUT2D eigenvalue weighted by atomic mass is 10.1. The third-order valence-electron chi connectivity index (χ3n) is 2.69. The Morgan fingerprint density at radius 2 is 2.05 bits per heavy atom. The smallest absolute Gasteiger partial charge is 0.322 e. The molecule has 0 fully saturated rings. The minimum Gasteiger partial charge on any atom is -0.424 e. The molecule has 0 aliphatic carbocycles. The molecular formula is C13H14N4O2. The van der Waals surface area contributed by atoms with E-state index in [0.717, 1.165) is 5.56 Å². The first kappa shape index (κ1) is 12.8. The Balaban J connectivity index is 2.26. The minimum atomic E-state index is -0.0904. The van der Waals surface area contributed by atoms with Crippen molar-refractivity contribution in [2.75, 3.05) is 0 Å². The first-order valence-electron chi connectivity index (χ1n) is 5.66. The molecule has 0 spiro atoms. The largest absolute Gasteiger partial charge is 0.424 e. The number of ether oxygens (including phenoxy) is 1. The van der Waals surface area contributed by atoms with Crippen LogP contribution in [-0.2, 0) is 0 Å². The van der Waals surface area contributed by atoms with Gasteiger partial charge < -0.3 is 15.7 Å². The fourth-order valence-electron chi connectivity index (χ4n) is 1.47. The highest BCUT2D eigenvalue weighted by Gasteiger charge is 2.06. The van der Waals surface area contributed by atoms with Gasteiger partial charge in [0.25, 0.3) is 0 Å². The summed E-state index contributed by atoms with van der Waals surface area (Å²) in [6.45, 7) is 4.02. The van der Waals surface area contributed by atoms with Gasteiger partial charge in [-0.15, -0.1) is 0 Å². The van der Waals surface area contributed by atoms with Gasteiger partial charge in [-0.05, 0) is 43.2 Å². The molecule has 1 heterocycles. The summed E-state index contributed by atoms with van der Waals surface area (Å²) in [5, 5.41) is 11.5. The van der Waals surface area contributed by atoms with Crippen molar-refractivity contribution in [2.45, 2.75) is 13.8 Å². The normalized spacial score (nSPS) is 11.4. The molecule has 0 aliphatic heterocycles. The Bertz CT molecular complexity index is 626. The summed E-state index contributed by atoms with van der Waals surface area (Å²) < 4.78 is 5.54. The first-order chi connectivity index (χ1) is 9.10. The molecular weight excluding hydrogens is 244 g/mol. The molecule has 1 aromatic carbocycles. The Morgan fingerprint density at radius 1 is 1.26 bits per heavy atom. The van der Waals surface area contributed by atoms with Crippen LogP contribution in [0.3, 0.4) is 0 Å². The van der Waals surface area contributed by atoms with Gasteiger partial charge in [-0.25, -0.2) is 4.98 Å². The van der Waals surface area contributed by atoms with Crippen LogP contribution in [0.25, 0.3) is 0 Å². The number of amidine groups is 1. The zero-order valence-corrected chi connectivity index (χ0v) is 10.7. The predicted octanol–water partition coefficient (Wildman–Crippen LogP) is 1.98. The van der Waals surface area contributed by atoms with Crippen LogP contribution >= 0.6 is 0 Å². The van der Waals surface area contributed by atoms with Gasteiger partial charge in [0.1, 0.15) is 11.4 Å². The number of aromatic nitrogens is 2. The average molecular weight is 258 g/mol. The Hall–Kier alpha value is -2.63. The lowest BCUT2D eigenvalue weighted by Gasteiger charge is -2.07. The number of hydrogen-bond acceptors (Lipinski definition) is 5.